The van der Waals surface area contributed by atoms with Crippen LogP contribution in [0, 0.1) is 0 Å². The quantitative estimate of drug-likeness (QED) is 0.552. The summed E-state index contributed by atoms with van der Waals surface area (Å²) in [6.07, 6.45) is 2.30. The molecule has 0 saturated carbocycles. The highest BCUT2D eigenvalue weighted by Crippen LogP contribution is 2.26. The fraction of sp³-hybridized carbons (Fsp3) is 0.524. The normalized spacial score (nSPS) is 18.7. The number of fused-ring (bicyclic) bond motifs is 1. The number of nitrogens with zero attached hydrogens (tertiary/aromatic N) is 1. The number of carbonyl (C=O) groups excluding carboxylic acids is 4. The average molecular weight is 402 g/mol. The maximum Gasteiger partial charge on any atom is 0.338 e. The third kappa shape index (κ3) is 4.64. The molecule has 0 aromatic heterocycles. The Bertz CT molecular complexity index is 842. The molecule has 8 nitrogen and oxygen atoms in total. The van der Waals surface area contributed by atoms with E-state index < -0.39 is 29.9 Å². The molecule has 29 heavy (non-hydrogen) atoms. The number of amides is 3. The molecule has 2 heterocycles. The van der Waals surface area contributed by atoms with Crippen LogP contribution < -0.4 is 5.32 Å². The first-order valence-electron chi connectivity index (χ1n) is 9.82. The summed E-state index contributed by atoms with van der Waals surface area (Å²) in [6.45, 7) is 6.11. The zero-order chi connectivity index (χ0) is 21.2. The zero-order valence-corrected chi connectivity index (χ0v) is 16.9. The van der Waals surface area contributed by atoms with Crippen molar-refractivity contribution in [2.45, 2.75) is 51.7 Å². The SMILES string of the molecule is CCC(C)(C)NC(=O)COC(=O)c1ccc2c(c1)C(=O)N(CC1CCCO1)C2=O. The molecule has 8 heteroatoms. The van der Waals surface area contributed by atoms with Crippen LogP contribution in [-0.2, 0) is 14.3 Å². The van der Waals surface area contributed by atoms with Gasteiger partial charge in [0.15, 0.2) is 6.61 Å². The van der Waals surface area contributed by atoms with Crippen LogP contribution in [0.15, 0.2) is 18.2 Å². The molecule has 1 fully saturated rings. The van der Waals surface area contributed by atoms with Gasteiger partial charge in [-0.3, -0.25) is 19.3 Å². The van der Waals surface area contributed by atoms with Gasteiger partial charge in [0.25, 0.3) is 17.7 Å². The van der Waals surface area contributed by atoms with Crippen LogP contribution in [0.4, 0.5) is 0 Å². The largest absolute Gasteiger partial charge is 0.452 e. The van der Waals surface area contributed by atoms with Gasteiger partial charge >= 0.3 is 5.97 Å². The van der Waals surface area contributed by atoms with Gasteiger partial charge in [-0.1, -0.05) is 6.92 Å². The predicted molar refractivity (Wildman–Crippen MR) is 104 cm³/mol. The maximum absolute atomic E-state index is 12.7. The van der Waals surface area contributed by atoms with Crippen LogP contribution in [-0.4, -0.2) is 60.0 Å². The van der Waals surface area contributed by atoms with Gasteiger partial charge in [-0.15, -0.1) is 0 Å². The van der Waals surface area contributed by atoms with Crippen molar-refractivity contribution in [1.29, 1.82) is 0 Å². The van der Waals surface area contributed by atoms with E-state index in [-0.39, 0.29) is 35.2 Å². The smallest absolute Gasteiger partial charge is 0.338 e. The number of imide groups is 1. The van der Waals surface area contributed by atoms with E-state index in [9.17, 15) is 19.2 Å². The van der Waals surface area contributed by atoms with Gasteiger partial charge in [0.05, 0.1) is 29.3 Å². The number of nitrogens with one attached hydrogen (secondary N) is 1. The van der Waals surface area contributed by atoms with Gasteiger partial charge in [-0.2, -0.15) is 0 Å². The Hall–Kier alpha value is -2.74. The molecule has 1 unspecified atom stereocenters. The van der Waals surface area contributed by atoms with Gasteiger partial charge in [0.2, 0.25) is 0 Å². The molecule has 0 radical (unpaired) electrons. The monoisotopic (exact) mass is 402 g/mol. The second kappa shape index (κ2) is 8.32. The Morgan fingerprint density at radius 1 is 1.24 bits per heavy atom. The molecule has 1 N–H and O–H groups in total. The fourth-order valence-electron chi connectivity index (χ4n) is 3.29. The molecular weight excluding hydrogens is 376 g/mol. The number of esters is 1. The van der Waals surface area contributed by atoms with E-state index in [1.807, 2.05) is 20.8 Å². The molecule has 0 bridgehead atoms. The van der Waals surface area contributed by atoms with Crippen LogP contribution in [0.3, 0.4) is 0 Å². The minimum Gasteiger partial charge on any atom is -0.452 e. The standard InChI is InChI=1S/C21H26N2O6/c1-4-21(2,3)22-17(24)12-29-20(27)13-7-8-15-16(10-13)19(26)23(18(15)25)11-14-6-5-9-28-14/h7-8,10,14H,4-6,9,11-12H2,1-3H3,(H,22,24). The summed E-state index contributed by atoms with van der Waals surface area (Å²) in [4.78, 5) is 50.6. The summed E-state index contributed by atoms with van der Waals surface area (Å²) in [5.74, 6) is -1.96. The van der Waals surface area contributed by atoms with Crippen LogP contribution >= 0.6 is 0 Å². The van der Waals surface area contributed by atoms with Crippen LogP contribution in [0.1, 0.15) is 71.1 Å². The zero-order valence-electron chi connectivity index (χ0n) is 16.9. The minimum absolute atomic E-state index is 0.117. The Balaban J connectivity index is 1.64. The van der Waals surface area contributed by atoms with E-state index in [0.717, 1.165) is 24.2 Å². The molecule has 0 spiro atoms. The maximum atomic E-state index is 12.7. The molecule has 1 saturated heterocycles. The summed E-state index contributed by atoms with van der Waals surface area (Å²) in [5, 5.41) is 2.77. The summed E-state index contributed by atoms with van der Waals surface area (Å²) in [6, 6.07) is 4.22. The summed E-state index contributed by atoms with van der Waals surface area (Å²) < 4.78 is 10.6. The van der Waals surface area contributed by atoms with E-state index in [2.05, 4.69) is 5.32 Å². The second-order valence-corrected chi connectivity index (χ2v) is 7.98. The fourth-order valence-corrected chi connectivity index (χ4v) is 3.29. The first kappa shape index (κ1) is 21.0. The summed E-state index contributed by atoms with van der Waals surface area (Å²) >= 11 is 0. The van der Waals surface area contributed by atoms with Crippen molar-refractivity contribution in [2.24, 2.45) is 0 Å². The third-order valence-corrected chi connectivity index (χ3v) is 5.31. The van der Waals surface area contributed by atoms with E-state index in [0.29, 0.717) is 6.61 Å². The van der Waals surface area contributed by atoms with Crippen LogP contribution in [0.25, 0.3) is 0 Å². The van der Waals surface area contributed by atoms with Crippen molar-refractivity contribution in [3.05, 3.63) is 34.9 Å². The molecule has 156 valence electrons. The molecule has 2 aliphatic rings. The highest BCUT2D eigenvalue weighted by atomic mass is 16.5. The van der Waals surface area contributed by atoms with Crippen molar-refractivity contribution < 1.29 is 28.7 Å². The number of ether oxygens (including phenoxy) is 2. The first-order chi connectivity index (χ1) is 13.7. The molecule has 1 atom stereocenters. The Kier molecular flexibility index (Phi) is 6.02. The second-order valence-electron chi connectivity index (χ2n) is 7.98. The molecule has 3 amide bonds. The summed E-state index contributed by atoms with van der Waals surface area (Å²) in [5.41, 5.74) is 0.147. The van der Waals surface area contributed by atoms with Crippen molar-refractivity contribution in [3.8, 4) is 0 Å². The Labute approximate surface area is 169 Å². The number of benzene rings is 1. The highest BCUT2D eigenvalue weighted by molar-refractivity contribution is 6.22. The lowest BCUT2D eigenvalue weighted by molar-refractivity contribution is -0.125. The van der Waals surface area contributed by atoms with E-state index in [4.69, 9.17) is 9.47 Å². The first-order valence-corrected chi connectivity index (χ1v) is 9.82. The predicted octanol–water partition coefficient (Wildman–Crippen LogP) is 1.92. The molecule has 1 aromatic carbocycles. The van der Waals surface area contributed by atoms with Gasteiger partial charge < -0.3 is 14.8 Å². The third-order valence-electron chi connectivity index (χ3n) is 5.31. The van der Waals surface area contributed by atoms with Crippen molar-refractivity contribution in [1.82, 2.24) is 10.2 Å². The summed E-state index contributed by atoms with van der Waals surface area (Å²) in [7, 11) is 0. The topological polar surface area (TPSA) is 102 Å². The number of carbonyl (C=O) groups is 4. The van der Waals surface area contributed by atoms with Crippen LogP contribution in [0.5, 0.6) is 0 Å². The average Bonchev–Trinajstić information content (AvgIpc) is 3.28. The van der Waals surface area contributed by atoms with Gasteiger partial charge in [0.1, 0.15) is 0 Å². The lowest BCUT2D eigenvalue weighted by atomic mass is 10.0. The molecule has 3 rings (SSSR count). The number of hydrogen-bond acceptors (Lipinski definition) is 6. The van der Waals surface area contributed by atoms with E-state index in [1.165, 1.54) is 18.2 Å². The molecule has 1 aromatic rings. The highest BCUT2D eigenvalue weighted by Gasteiger charge is 2.38. The molecule has 0 aliphatic carbocycles. The minimum atomic E-state index is -0.727. The lowest BCUT2D eigenvalue weighted by Crippen LogP contribution is -2.44. The lowest BCUT2D eigenvalue weighted by Gasteiger charge is -2.24. The number of rotatable bonds is 7. The Morgan fingerprint density at radius 3 is 2.62 bits per heavy atom. The van der Waals surface area contributed by atoms with Crippen molar-refractivity contribution in [3.63, 3.8) is 0 Å². The molecular formula is C21H26N2O6. The van der Waals surface area contributed by atoms with Gasteiger partial charge in [-0.05, 0) is 51.3 Å². The van der Waals surface area contributed by atoms with Crippen LogP contribution in [0.2, 0.25) is 0 Å². The van der Waals surface area contributed by atoms with Gasteiger partial charge in [0, 0.05) is 12.1 Å². The van der Waals surface area contributed by atoms with Crippen molar-refractivity contribution in [2.75, 3.05) is 19.8 Å². The van der Waals surface area contributed by atoms with E-state index >= 15 is 0 Å². The number of hydrogen-bond donors (Lipinski definition) is 1. The van der Waals surface area contributed by atoms with Gasteiger partial charge in [-0.25, -0.2) is 4.79 Å². The Morgan fingerprint density at radius 2 is 1.97 bits per heavy atom. The van der Waals surface area contributed by atoms with E-state index in [1.54, 1.807) is 0 Å². The molecule has 2 aliphatic heterocycles. The van der Waals surface area contributed by atoms with Crippen molar-refractivity contribution >= 4 is 23.7 Å².